The molecule has 4 heteroatoms. The molecule has 1 nitrogen and oxygen atoms in total. The first-order valence-corrected chi connectivity index (χ1v) is 7.42. The summed E-state index contributed by atoms with van der Waals surface area (Å²) in [6.45, 7) is 0. The number of nitrogen functional groups attached to an aromatic ring is 1. The van der Waals surface area contributed by atoms with Gasteiger partial charge in [0.2, 0.25) is 0 Å². The molecule has 0 fully saturated rings. The predicted molar refractivity (Wildman–Crippen MR) is 82.3 cm³/mol. The Labute approximate surface area is 121 Å². The fourth-order valence-corrected chi connectivity index (χ4v) is 3.00. The SMILES string of the molecule is Nc1ccc(CSCc2ccc(Cl)cc2)c(Cl)c1. The van der Waals surface area contributed by atoms with E-state index in [9.17, 15) is 0 Å². The lowest BCUT2D eigenvalue weighted by Gasteiger charge is -2.05. The van der Waals surface area contributed by atoms with Crippen LogP contribution >= 0.6 is 35.0 Å². The molecule has 2 rings (SSSR count). The van der Waals surface area contributed by atoms with Crippen LogP contribution in [0.2, 0.25) is 10.0 Å². The van der Waals surface area contributed by atoms with Crippen LogP contribution in [0.15, 0.2) is 42.5 Å². The Kier molecular flexibility index (Phi) is 4.81. The smallest absolute Gasteiger partial charge is 0.0466 e. The Hall–Kier alpha value is -0.830. The molecule has 0 aliphatic carbocycles. The Morgan fingerprint density at radius 2 is 1.67 bits per heavy atom. The van der Waals surface area contributed by atoms with Gasteiger partial charge in [0.1, 0.15) is 0 Å². The summed E-state index contributed by atoms with van der Waals surface area (Å²) in [4.78, 5) is 0. The molecule has 2 aromatic rings. The van der Waals surface area contributed by atoms with Gasteiger partial charge in [-0.15, -0.1) is 0 Å². The highest BCUT2D eigenvalue weighted by Crippen LogP contribution is 2.25. The number of benzene rings is 2. The van der Waals surface area contributed by atoms with Crippen molar-refractivity contribution in [3.63, 3.8) is 0 Å². The second-order valence-corrected chi connectivity index (χ2v) is 5.80. The summed E-state index contributed by atoms with van der Waals surface area (Å²) in [7, 11) is 0. The lowest BCUT2D eigenvalue weighted by molar-refractivity contribution is 1.36. The van der Waals surface area contributed by atoms with E-state index >= 15 is 0 Å². The number of nitrogens with two attached hydrogens (primary N) is 1. The number of hydrogen-bond donors (Lipinski definition) is 1. The number of anilines is 1. The highest BCUT2D eigenvalue weighted by Gasteiger charge is 2.01. The molecule has 0 spiro atoms. The molecule has 2 N–H and O–H groups in total. The zero-order chi connectivity index (χ0) is 13.0. The van der Waals surface area contributed by atoms with Crippen LogP contribution in [-0.2, 0) is 11.5 Å². The number of hydrogen-bond acceptors (Lipinski definition) is 2. The maximum atomic E-state index is 6.12. The molecule has 0 aromatic heterocycles. The van der Waals surface area contributed by atoms with E-state index in [1.54, 1.807) is 6.07 Å². The summed E-state index contributed by atoms with van der Waals surface area (Å²) in [5.74, 6) is 1.82. The van der Waals surface area contributed by atoms with Gasteiger partial charge in [0.25, 0.3) is 0 Å². The summed E-state index contributed by atoms with van der Waals surface area (Å²) in [5.41, 5.74) is 8.73. The quantitative estimate of drug-likeness (QED) is 0.803. The van der Waals surface area contributed by atoms with Gasteiger partial charge in [-0.3, -0.25) is 0 Å². The Morgan fingerprint density at radius 3 is 2.33 bits per heavy atom. The van der Waals surface area contributed by atoms with Crippen molar-refractivity contribution in [3.05, 3.63) is 63.6 Å². The molecule has 0 amide bonds. The van der Waals surface area contributed by atoms with Crippen molar-refractivity contribution < 1.29 is 0 Å². The normalized spacial score (nSPS) is 10.6. The Bertz CT molecular complexity index is 526. The van der Waals surface area contributed by atoms with Gasteiger partial charge in [0, 0.05) is 27.2 Å². The van der Waals surface area contributed by atoms with Gasteiger partial charge in [-0.1, -0.05) is 41.4 Å². The largest absolute Gasteiger partial charge is 0.399 e. The van der Waals surface area contributed by atoms with Crippen LogP contribution in [0.1, 0.15) is 11.1 Å². The first-order chi connectivity index (χ1) is 8.65. The van der Waals surface area contributed by atoms with Crippen molar-refractivity contribution in [2.75, 3.05) is 5.73 Å². The van der Waals surface area contributed by atoms with Crippen LogP contribution in [0.4, 0.5) is 5.69 Å². The van der Waals surface area contributed by atoms with Gasteiger partial charge in [-0.25, -0.2) is 0 Å². The maximum Gasteiger partial charge on any atom is 0.0466 e. The van der Waals surface area contributed by atoms with E-state index in [1.165, 1.54) is 5.56 Å². The second kappa shape index (κ2) is 6.37. The summed E-state index contributed by atoms with van der Waals surface area (Å²) in [6.07, 6.45) is 0. The predicted octanol–water partition coefficient (Wildman–Crippen LogP) is 5.01. The fourth-order valence-electron chi connectivity index (χ4n) is 1.54. The molecule has 18 heavy (non-hydrogen) atoms. The van der Waals surface area contributed by atoms with Crippen molar-refractivity contribution in [1.82, 2.24) is 0 Å². The van der Waals surface area contributed by atoms with Crippen LogP contribution in [0.5, 0.6) is 0 Å². The third kappa shape index (κ3) is 3.84. The van der Waals surface area contributed by atoms with Gasteiger partial charge >= 0.3 is 0 Å². The van der Waals surface area contributed by atoms with Gasteiger partial charge in [-0.2, -0.15) is 11.8 Å². The average molecular weight is 298 g/mol. The highest BCUT2D eigenvalue weighted by atomic mass is 35.5. The topological polar surface area (TPSA) is 26.0 Å². The minimum Gasteiger partial charge on any atom is -0.399 e. The monoisotopic (exact) mass is 297 g/mol. The first-order valence-electron chi connectivity index (χ1n) is 5.51. The van der Waals surface area contributed by atoms with Crippen LogP contribution in [0.3, 0.4) is 0 Å². The zero-order valence-electron chi connectivity index (χ0n) is 9.70. The summed E-state index contributed by atoms with van der Waals surface area (Å²) in [6, 6.07) is 13.6. The lowest BCUT2D eigenvalue weighted by Crippen LogP contribution is -1.88. The third-order valence-electron chi connectivity index (χ3n) is 2.52. The lowest BCUT2D eigenvalue weighted by atomic mass is 10.2. The third-order valence-corrected chi connectivity index (χ3v) is 4.17. The molecule has 94 valence electrons. The van der Waals surface area contributed by atoms with Crippen molar-refractivity contribution in [2.24, 2.45) is 0 Å². The molecular weight excluding hydrogens is 285 g/mol. The van der Waals surface area contributed by atoms with Crippen LogP contribution in [-0.4, -0.2) is 0 Å². The molecular formula is C14H13Cl2NS. The number of halogens is 2. The molecule has 0 saturated carbocycles. The van der Waals surface area contributed by atoms with E-state index in [0.717, 1.165) is 27.1 Å². The molecule has 0 aliphatic rings. The average Bonchev–Trinajstić information content (AvgIpc) is 2.34. The van der Waals surface area contributed by atoms with Gasteiger partial charge < -0.3 is 5.73 Å². The second-order valence-electron chi connectivity index (χ2n) is 3.97. The van der Waals surface area contributed by atoms with Crippen molar-refractivity contribution >= 4 is 40.7 Å². The first kappa shape index (κ1) is 13.6. The van der Waals surface area contributed by atoms with Gasteiger partial charge in [0.15, 0.2) is 0 Å². The highest BCUT2D eigenvalue weighted by molar-refractivity contribution is 7.97. The molecule has 2 aromatic carbocycles. The van der Waals surface area contributed by atoms with E-state index in [4.69, 9.17) is 28.9 Å². The maximum absolute atomic E-state index is 6.12. The van der Waals surface area contributed by atoms with E-state index in [1.807, 2.05) is 48.2 Å². The van der Waals surface area contributed by atoms with Crippen LogP contribution < -0.4 is 5.73 Å². The van der Waals surface area contributed by atoms with Crippen LogP contribution in [0.25, 0.3) is 0 Å². The van der Waals surface area contributed by atoms with Crippen molar-refractivity contribution in [3.8, 4) is 0 Å². The van der Waals surface area contributed by atoms with Gasteiger partial charge in [-0.05, 0) is 35.4 Å². The molecule has 0 atom stereocenters. The molecule has 0 heterocycles. The molecule has 0 radical (unpaired) electrons. The summed E-state index contributed by atoms with van der Waals surface area (Å²) >= 11 is 13.8. The zero-order valence-corrected chi connectivity index (χ0v) is 12.0. The van der Waals surface area contributed by atoms with E-state index in [2.05, 4.69) is 0 Å². The Morgan fingerprint density at radius 1 is 0.944 bits per heavy atom. The molecule has 0 aliphatic heterocycles. The van der Waals surface area contributed by atoms with E-state index in [0.29, 0.717) is 5.69 Å². The summed E-state index contributed by atoms with van der Waals surface area (Å²) < 4.78 is 0. The van der Waals surface area contributed by atoms with Gasteiger partial charge in [0.05, 0.1) is 0 Å². The molecule has 0 saturated heterocycles. The van der Waals surface area contributed by atoms with E-state index in [-0.39, 0.29) is 0 Å². The molecule has 0 unspecified atom stereocenters. The van der Waals surface area contributed by atoms with Crippen LogP contribution in [0, 0.1) is 0 Å². The number of rotatable bonds is 4. The van der Waals surface area contributed by atoms with Crippen molar-refractivity contribution in [2.45, 2.75) is 11.5 Å². The minimum absolute atomic E-state index is 0.700. The van der Waals surface area contributed by atoms with E-state index < -0.39 is 0 Å². The standard InChI is InChI=1S/C14H13Cl2NS/c15-12-4-1-10(2-5-12)8-18-9-11-3-6-13(17)7-14(11)16/h1-7H,8-9,17H2. The minimum atomic E-state index is 0.700. The fraction of sp³-hybridized carbons (Fsp3) is 0.143. The number of thioether (sulfide) groups is 1. The summed E-state index contributed by atoms with van der Waals surface area (Å²) in [5, 5.41) is 1.50. The molecule has 0 bridgehead atoms. The van der Waals surface area contributed by atoms with Crippen molar-refractivity contribution in [1.29, 1.82) is 0 Å². The Balaban J connectivity index is 1.90.